The number of methoxy groups -OCH3 is 1. The molecule has 1 atom stereocenters. The number of carbonyl (C=O) groups excluding carboxylic acids is 1. The molecule has 1 aromatic carbocycles. The molecule has 0 aliphatic carbocycles. The minimum absolute atomic E-state index is 0.120. The number of likely N-dealkylation sites (tertiary alicyclic amines) is 1. The first-order valence-electron chi connectivity index (χ1n) is 9.85. The summed E-state index contributed by atoms with van der Waals surface area (Å²) in [6.07, 6.45) is 9.16. The Bertz CT molecular complexity index is 934. The fourth-order valence-corrected chi connectivity index (χ4v) is 3.72. The molecule has 7 heteroatoms. The molecule has 1 saturated heterocycles. The van der Waals surface area contributed by atoms with E-state index in [0.29, 0.717) is 12.1 Å². The highest BCUT2D eigenvalue weighted by Crippen LogP contribution is 2.27. The molecule has 1 fully saturated rings. The minimum Gasteiger partial charge on any atom is -0.497 e. The molecular formula is C22H25N5O2. The van der Waals surface area contributed by atoms with Crippen molar-refractivity contribution in [1.29, 1.82) is 0 Å². The summed E-state index contributed by atoms with van der Waals surface area (Å²) in [6, 6.07) is 11.8. The molecule has 0 saturated carbocycles. The summed E-state index contributed by atoms with van der Waals surface area (Å²) in [5, 5.41) is 3.09. The maximum absolute atomic E-state index is 12.7. The molecule has 4 rings (SSSR count). The number of hydrogen-bond donors (Lipinski definition) is 1. The lowest BCUT2D eigenvalue weighted by atomic mass is 10.0. The zero-order chi connectivity index (χ0) is 20.1. The van der Waals surface area contributed by atoms with Gasteiger partial charge >= 0.3 is 0 Å². The largest absolute Gasteiger partial charge is 0.497 e. The van der Waals surface area contributed by atoms with Crippen molar-refractivity contribution in [2.24, 2.45) is 0 Å². The summed E-state index contributed by atoms with van der Waals surface area (Å²) in [7, 11) is 1.67. The minimum atomic E-state index is -0.123. The van der Waals surface area contributed by atoms with Crippen molar-refractivity contribution in [3.8, 4) is 11.6 Å². The first-order chi connectivity index (χ1) is 14.2. The molecule has 0 bridgehead atoms. The second kappa shape index (κ2) is 8.87. The molecule has 7 nitrogen and oxygen atoms in total. The Morgan fingerprint density at radius 2 is 2.10 bits per heavy atom. The van der Waals surface area contributed by atoms with E-state index in [1.54, 1.807) is 36.5 Å². The van der Waals surface area contributed by atoms with Crippen molar-refractivity contribution in [2.75, 3.05) is 26.7 Å². The number of ether oxygens (including phenoxy) is 1. The van der Waals surface area contributed by atoms with E-state index in [9.17, 15) is 4.79 Å². The number of amides is 1. The van der Waals surface area contributed by atoms with Gasteiger partial charge in [-0.25, -0.2) is 9.97 Å². The van der Waals surface area contributed by atoms with Crippen LogP contribution in [-0.4, -0.2) is 52.1 Å². The van der Waals surface area contributed by atoms with Crippen LogP contribution in [0.4, 0.5) is 0 Å². The maximum Gasteiger partial charge on any atom is 0.252 e. The average molecular weight is 391 g/mol. The van der Waals surface area contributed by atoms with Crippen LogP contribution in [0.2, 0.25) is 0 Å². The van der Waals surface area contributed by atoms with Crippen LogP contribution in [0.1, 0.15) is 34.8 Å². The van der Waals surface area contributed by atoms with Gasteiger partial charge in [0.1, 0.15) is 17.9 Å². The van der Waals surface area contributed by atoms with Crippen molar-refractivity contribution in [3.63, 3.8) is 0 Å². The standard InChI is InChI=1S/C22H25N5O2/c1-29-19-6-4-5-17(13-19)20(26-10-2-3-11-26)15-25-22(28)18-7-8-21(24-14-18)27-12-9-23-16-27/h4-9,12-14,16,20H,2-3,10-11,15H2,1H3,(H,25,28). The van der Waals surface area contributed by atoms with Crippen LogP contribution in [0.15, 0.2) is 61.3 Å². The van der Waals surface area contributed by atoms with Crippen LogP contribution in [0.25, 0.3) is 5.82 Å². The summed E-state index contributed by atoms with van der Waals surface area (Å²) < 4.78 is 7.18. The monoisotopic (exact) mass is 391 g/mol. The number of aromatic nitrogens is 3. The van der Waals surface area contributed by atoms with Crippen LogP contribution in [-0.2, 0) is 0 Å². The highest BCUT2D eigenvalue weighted by Gasteiger charge is 2.24. The van der Waals surface area contributed by atoms with E-state index in [4.69, 9.17) is 4.74 Å². The van der Waals surface area contributed by atoms with Gasteiger partial charge in [-0.05, 0) is 55.8 Å². The van der Waals surface area contributed by atoms with Crippen LogP contribution < -0.4 is 10.1 Å². The highest BCUT2D eigenvalue weighted by molar-refractivity contribution is 5.93. The van der Waals surface area contributed by atoms with Gasteiger partial charge in [0.2, 0.25) is 0 Å². The molecular weight excluding hydrogens is 366 g/mol. The number of rotatable bonds is 7. The van der Waals surface area contributed by atoms with Crippen molar-refractivity contribution < 1.29 is 9.53 Å². The first-order valence-corrected chi connectivity index (χ1v) is 9.85. The first kappa shape index (κ1) is 19.1. The molecule has 3 aromatic rings. The van der Waals surface area contributed by atoms with E-state index in [1.165, 1.54) is 12.8 Å². The topological polar surface area (TPSA) is 72.3 Å². The van der Waals surface area contributed by atoms with E-state index in [-0.39, 0.29) is 11.9 Å². The van der Waals surface area contributed by atoms with Gasteiger partial charge in [-0.1, -0.05) is 12.1 Å². The number of nitrogens with one attached hydrogen (secondary N) is 1. The lowest BCUT2D eigenvalue weighted by Gasteiger charge is -2.28. The quantitative estimate of drug-likeness (QED) is 0.671. The molecule has 150 valence electrons. The second-order valence-electron chi connectivity index (χ2n) is 7.12. The summed E-state index contributed by atoms with van der Waals surface area (Å²) in [5.41, 5.74) is 1.69. The van der Waals surface area contributed by atoms with Gasteiger partial charge in [0.15, 0.2) is 0 Å². The van der Waals surface area contributed by atoms with E-state index < -0.39 is 0 Å². The lowest BCUT2D eigenvalue weighted by molar-refractivity contribution is 0.0937. The van der Waals surface area contributed by atoms with Crippen LogP contribution >= 0.6 is 0 Å². The molecule has 1 amide bonds. The number of carbonyl (C=O) groups is 1. The lowest BCUT2D eigenvalue weighted by Crippen LogP contribution is -2.36. The Morgan fingerprint density at radius 3 is 2.79 bits per heavy atom. The van der Waals surface area contributed by atoms with Gasteiger partial charge in [0.05, 0.1) is 18.7 Å². The highest BCUT2D eigenvalue weighted by atomic mass is 16.5. The third-order valence-corrected chi connectivity index (χ3v) is 5.29. The molecule has 1 aliphatic heterocycles. The van der Waals surface area contributed by atoms with E-state index in [0.717, 1.165) is 30.2 Å². The average Bonchev–Trinajstić information content (AvgIpc) is 3.49. The zero-order valence-electron chi connectivity index (χ0n) is 16.5. The third kappa shape index (κ3) is 4.46. The molecule has 1 N–H and O–H groups in total. The van der Waals surface area contributed by atoms with Crippen LogP contribution in [0.5, 0.6) is 5.75 Å². The molecule has 2 aromatic heterocycles. The number of benzene rings is 1. The van der Waals surface area contributed by atoms with Gasteiger partial charge < -0.3 is 10.1 Å². The van der Waals surface area contributed by atoms with Gasteiger partial charge in [-0.15, -0.1) is 0 Å². The Kier molecular flexibility index (Phi) is 5.86. The summed E-state index contributed by atoms with van der Waals surface area (Å²) in [5.74, 6) is 1.43. The number of pyridine rings is 1. The zero-order valence-corrected chi connectivity index (χ0v) is 16.5. The number of nitrogens with zero attached hydrogens (tertiary/aromatic N) is 4. The van der Waals surface area contributed by atoms with Crippen molar-refractivity contribution >= 4 is 5.91 Å². The summed E-state index contributed by atoms with van der Waals surface area (Å²) in [4.78, 5) is 23.5. The van der Waals surface area contributed by atoms with Gasteiger partial charge in [-0.3, -0.25) is 14.3 Å². The van der Waals surface area contributed by atoms with Crippen molar-refractivity contribution in [1.82, 2.24) is 24.8 Å². The predicted octanol–water partition coefficient (Wildman–Crippen LogP) is 2.84. The normalized spacial score (nSPS) is 15.2. The maximum atomic E-state index is 12.7. The Morgan fingerprint density at radius 1 is 1.24 bits per heavy atom. The van der Waals surface area contributed by atoms with Gasteiger partial charge in [-0.2, -0.15) is 0 Å². The SMILES string of the molecule is COc1cccc(C(CNC(=O)c2ccc(-n3ccnc3)nc2)N2CCCC2)c1. The molecule has 29 heavy (non-hydrogen) atoms. The van der Waals surface area contributed by atoms with E-state index in [2.05, 4.69) is 32.3 Å². The molecule has 0 spiro atoms. The van der Waals surface area contributed by atoms with Crippen molar-refractivity contribution in [3.05, 3.63) is 72.4 Å². The summed E-state index contributed by atoms with van der Waals surface area (Å²) in [6.45, 7) is 2.62. The fraction of sp³-hybridized carbons (Fsp3) is 0.318. The van der Waals surface area contributed by atoms with E-state index >= 15 is 0 Å². The molecule has 1 unspecified atom stereocenters. The predicted molar refractivity (Wildman–Crippen MR) is 110 cm³/mol. The molecule has 1 aliphatic rings. The van der Waals surface area contributed by atoms with Gasteiger partial charge in [0, 0.05) is 25.1 Å². The fourth-order valence-electron chi connectivity index (χ4n) is 3.72. The number of imidazole rings is 1. The van der Waals surface area contributed by atoms with Crippen molar-refractivity contribution in [2.45, 2.75) is 18.9 Å². The van der Waals surface area contributed by atoms with Crippen LogP contribution in [0.3, 0.4) is 0 Å². The Labute approximate surface area is 170 Å². The summed E-state index contributed by atoms with van der Waals surface area (Å²) >= 11 is 0. The number of hydrogen-bond acceptors (Lipinski definition) is 5. The molecule has 0 radical (unpaired) electrons. The van der Waals surface area contributed by atoms with Gasteiger partial charge in [0.25, 0.3) is 5.91 Å². The third-order valence-electron chi connectivity index (χ3n) is 5.29. The second-order valence-corrected chi connectivity index (χ2v) is 7.12. The molecule has 3 heterocycles. The smallest absolute Gasteiger partial charge is 0.252 e. The Balaban J connectivity index is 1.45. The van der Waals surface area contributed by atoms with E-state index in [1.807, 2.05) is 24.4 Å². The Hall–Kier alpha value is -3.19. The van der Waals surface area contributed by atoms with Crippen LogP contribution in [0, 0.1) is 0 Å².